The van der Waals surface area contributed by atoms with Crippen LogP contribution in [-0.2, 0) is 0 Å². The first-order valence-corrected chi connectivity index (χ1v) is 5.97. The van der Waals surface area contributed by atoms with Crippen molar-refractivity contribution in [3.63, 3.8) is 0 Å². The molecule has 1 heterocycles. The molecule has 0 aliphatic heterocycles. The summed E-state index contributed by atoms with van der Waals surface area (Å²) in [5.41, 5.74) is 2.54. The zero-order chi connectivity index (χ0) is 11.8. The number of hydrogen-bond acceptors (Lipinski definition) is 2. The van der Waals surface area contributed by atoms with E-state index in [2.05, 4.69) is 26.1 Å². The highest BCUT2D eigenvalue weighted by Crippen LogP contribution is 2.31. The summed E-state index contributed by atoms with van der Waals surface area (Å²) in [4.78, 5) is 0. The molecule has 1 aromatic heterocycles. The average molecular weight is 289 g/mol. The second-order valence-corrected chi connectivity index (χ2v) is 4.69. The predicted molar refractivity (Wildman–Crippen MR) is 70.9 cm³/mol. The molecule has 0 unspecified atom stereocenters. The first-order valence-electron chi connectivity index (χ1n) is 5.18. The number of phenols is 1. The third-order valence-corrected chi connectivity index (χ3v) is 3.22. The molecule has 0 bridgehead atoms. The van der Waals surface area contributed by atoms with E-state index in [1.165, 1.54) is 0 Å². The molecule has 0 fully saturated rings. The molecule has 4 heteroatoms. The molecule has 84 valence electrons. The molecular weight excluding hydrogens is 280 g/mol. The molecule has 0 atom stereocenters. The van der Waals surface area contributed by atoms with Crippen molar-refractivity contribution >= 4 is 26.8 Å². The van der Waals surface area contributed by atoms with Gasteiger partial charge in [0.1, 0.15) is 17.0 Å². The van der Waals surface area contributed by atoms with Gasteiger partial charge in [0.2, 0.25) is 0 Å². The first-order chi connectivity index (χ1) is 8.25. The molecule has 17 heavy (non-hydrogen) atoms. The highest BCUT2D eigenvalue weighted by atomic mass is 79.9. The minimum absolute atomic E-state index is 0.221. The summed E-state index contributed by atoms with van der Waals surface area (Å²) in [5, 5.41) is 17.7. The van der Waals surface area contributed by atoms with Crippen LogP contribution in [0, 0.1) is 0 Å². The Kier molecular flexibility index (Phi) is 2.37. The Morgan fingerprint density at radius 2 is 1.82 bits per heavy atom. The molecule has 0 amide bonds. The third kappa shape index (κ3) is 1.70. The van der Waals surface area contributed by atoms with E-state index in [9.17, 15) is 5.11 Å². The number of aromatic nitrogens is 2. The monoisotopic (exact) mass is 288 g/mol. The number of hydrogen-bond donors (Lipinski definition) is 2. The van der Waals surface area contributed by atoms with Gasteiger partial charge in [-0.3, -0.25) is 5.10 Å². The zero-order valence-corrected chi connectivity index (χ0v) is 10.4. The molecule has 0 saturated heterocycles. The Balaban J connectivity index is 2.24. The number of fused-ring (bicyclic) bond motifs is 1. The number of phenolic OH excluding ortho intramolecular Hbond substituents is 1. The summed E-state index contributed by atoms with van der Waals surface area (Å²) in [5.74, 6) is 0.221. The van der Waals surface area contributed by atoms with E-state index in [4.69, 9.17) is 0 Å². The summed E-state index contributed by atoms with van der Waals surface area (Å²) < 4.78 is 1.03. The summed E-state index contributed by atoms with van der Waals surface area (Å²) in [6, 6.07) is 13.3. The van der Waals surface area contributed by atoms with E-state index in [1.807, 2.05) is 36.4 Å². The molecule has 0 aliphatic rings. The number of rotatable bonds is 1. The standard InChI is InChI=1S/C13H9BrN2O/c14-9-6-4-8(5-7-9)12-10-2-1-3-11(17)13(10)16-15-12/h1-7,17H,(H,15,16). The largest absolute Gasteiger partial charge is 0.506 e. The van der Waals surface area contributed by atoms with Gasteiger partial charge in [-0.15, -0.1) is 0 Å². The lowest BCUT2D eigenvalue weighted by molar-refractivity contribution is 0.480. The van der Waals surface area contributed by atoms with Crippen LogP contribution in [0.2, 0.25) is 0 Å². The SMILES string of the molecule is Oc1cccc2c(-c3ccc(Br)cc3)n[nH]c12. The second-order valence-electron chi connectivity index (χ2n) is 3.78. The molecule has 2 aromatic carbocycles. The number of nitrogens with zero attached hydrogens (tertiary/aromatic N) is 1. The lowest BCUT2D eigenvalue weighted by Gasteiger charge is -1.98. The maximum absolute atomic E-state index is 9.70. The maximum atomic E-state index is 9.70. The van der Waals surface area contributed by atoms with E-state index in [0.717, 1.165) is 21.1 Å². The van der Waals surface area contributed by atoms with Crippen LogP contribution < -0.4 is 0 Å². The lowest BCUT2D eigenvalue weighted by atomic mass is 10.1. The minimum atomic E-state index is 0.221. The van der Waals surface area contributed by atoms with E-state index in [1.54, 1.807) is 6.07 Å². The Bertz CT molecular complexity index is 673. The van der Waals surface area contributed by atoms with Gasteiger partial charge in [0.05, 0.1) is 0 Å². The van der Waals surface area contributed by atoms with Gasteiger partial charge in [0.15, 0.2) is 0 Å². The fourth-order valence-electron chi connectivity index (χ4n) is 1.85. The number of aromatic hydroxyl groups is 1. The molecule has 2 N–H and O–H groups in total. The number of aromatic amines is 1. The first kappa shape index (κ1) is 10.4. The van der Waals surface area contributed by atoms with Gasteiger partial charge >= 0.3 is 0 Å². The molecule has 0 saturated carbocycles. The average Bonchev–Trinajstić information content (AvgIpc) is 2.75. The lowest BCUT2D eigenvalue weighted by Crippen LogP contribution is -1.78. The molecule has 3 rings (SSSR count). The van der Waals surface area contributed by atoms with Crippen LogP contribution >= 0.6 is 15.9 Å². The van der Waals surface area contributed by atoms with Gasteiger partial charge in [-0.1, -0.05) is 40.2 Å². The van der Waals surface area contributed by atoms with Crippen molar-refractivity contribution in [2.24, 2.45) is 0 Å². The van der Waals surface area contributed by atoms with Gasteiger partial charge in [-0.2, -0.15) is 5.10 Å². The molecule has 0 aliphatic carbocycles. The van der Waals surface area contributed by atoms with Crippen LogP contribution in [0.25, 0.3) is 22.2 Å². The van der Waals surface area contributed by atoms with Crippen molar-refractivity contribution < 1.29 is 5.11 Å². The van der Waals surface area contributed by atoms with E-state index in [0.29, 0.717) is 5.52 Å². The van der Waals surface area contributed by atoms with Crippen molar-refractivity contribution in [1.29, 1.82) is 0 Å². The van der Waals surface area contributed by atoms with Crippen molar-refractivity contribution in [2.45, 2.75) is 0 Å². The third-order valence-electron chi connectivity index (χ3n) is 2.69. The molecule has 0 spiro atoms. The Morgan fingerprint density at radius 1 is 1.06 bits per heavy atom. The van der Waals surface area contributed by atoms with Crippen LogP contribution in [0.4, 0.5) is 0 Å². The highest BCUT2D eigenvalue weighted by Gasteiger charge is 2.09. The maximum Gasteiger partial charge on any atom is 0.141 e. The number of H-pyrrole nitrogens is 1. The molecular formula is C13H9BrN2O. The van der Waals surface area contributed by atoms with Crippen molar-refractivity contribution in [2.75, 3.05) is 0 Å². The summed E-state index contributed by atoms with van der Waals surface area (Å²) in [6.07, 6.45) is 0. The van der Waals surface area contributed by atoms with E-state index in [-0.39, 0.29) is 5.75 Å². The summed E-state index contributed by atoms with van der Waals surface area (Å²) >= 11 is 3.40. The smallest absolute Gasteiger partial charge is 0.141 e. The van der Waals surface area contributed by atoms with Gasteiger partial charge in [0, 0.05) is 15.4 Å². The summed E-state index contributed by atoms with van der Waals surface area (Å²) in [6.45, 7) is 0. The van der Waals surface area contributed by atoms with Crippen molar-refractivity contribution in [3.05, 3.63) is 46.9 Å². The Hall–Kier alpha value is -1.81. The Labute approximate surface area is 106 Å². The minimum Gasteiger partial charge on any atom is -0.506 e. The van der Waals surface area contributed by atoms with Crippen molar-refractivity contribution in [1.82, 2.24) is 10.2 Å². The number of para-hydroxylation sites is 1. The number of nitrogens with one attached hydrogen (secondary N) is 1. The van der Waals surface area contributed by atoms with Gasteiger partial charge < -0.3 is 5.11 Å². The highest BCUT2D eigenvalue weighted by molar-refractivity contribution is 9.10. The summed E-state index contributed by atoms with van der Waals surface area (Å²) in [7, 11) is 0. The van der Waals surface area contributed by atoms with Gasteiger partial charge in [-0.05, 0) is 18.2 Å². The fourth-order valence-corrected chi connectivity index (χ4v) is 2.12. The molecule has 3 nitrogen and oxygen atoms in total. The predicted octanol–water partition coefficient (Wildman–Crippen LogP) is 3.70. The van der Waals surface area contributed by atoms with E-state index >= 15 is 0 Å². The topological polar surface area (TPSA) is 48.9 Å². The van der Waals surface area contributed by atoms with Gasteiger partial charge in [0.25, 0.3) is 0 Å². The zero-order valence-electron chi connectivity index (χ0n) is 8.81. The van der Waals surface area contributed by atoms with Crippen LogP contribution in [0.5, 0.6) is 5.75 Å². The van der Waals surface area contributed by atoms with Crippen LogP contribution in [0.1, 0.15) is 0 Å². The Morgan fingerprint density at radius 3 is 2.59 bits per heavy atom. The van der Waals surface area contributed by atoms with Crippen LogP contribution in [-0.4, -0.2) is 15.3 Å². The second kappa shape index (κ2) is 3.89. The van der Waals surface area contributed by atoms with E-state index < -0.39 is 0 Å². The van der Waals surface area contributed by atoms with Crippen LogP contribution in [0.3, 0.4) is 0 Å². The van der Waals surface area contributed by atoms with Crippen molar-refractivity contribution in [3.8, 4) is 17.0 Å². The molecule has 0 radical (unpaired) electrons. The number of halogens is 1. The quantitative estimate of drug-likeness (QED) is 0.717. The molecule has 3 aromatic rings. The fraction of sp³-hybridized carbons (Fsp3) is 0. The normalized spacial score (nSPS) is 10.9. The van der Waals surface area contributed by atoms with Gasteiger partial charge in [-0.25, -0.2) is 0 Å². The number of benzene rings is 2. The van der Waals surface area contributed by atoms with Crippen LogP contribution in [0.15, 0.2) is 46.9 Å².